The number of carbonyl (C=O) groups excluding carboxylic acids is 3. The van der Waals surface area contributed by atoms with E-state index in [1.54, 1.807) is 58.9 Å². The van der Waals surface area contributed by atoms with E-state index in [1.807, 2.05) is 24.3 Å². The minimum atomic E-state index is -0.869. The SMILES string of the molecule is COc1ccc([C@@H]2S[C@@H](CC(=O)N[C@@H](C)C(=O)OC(C)(C)C)C(=O)N(CC(C)(C)C)c3ccc(Cl)cc32)c(OC)c1. The smallest absolute Gasteiger partial charge is 0.328 e. The van der Waals surface area contributed by atoms with E-state index < -0.39 is 28.8 Å². The maximum atomic E-state index is 14.2. The molecule has 0 saturated heterocycles. The van der Waals surface area contributed by atoms with Gasteiger partial charge in [0.15, 0.2) is 0 Å². The summed E-state index contributed by atoms with van der Waals surface area (Å²) in [5, 5.41) is 2.10. The van der Waals surface area contributed by atoms with Crippen LogP contribution >= 0.6 is 23.4 Å². The number of benzene rings is 2. The van der Waals surface area contributed by atoms with Gasteiger partial charge in [0.25, 0.3) is 0 Å². The topological polar surface area (TPSA) is 94.2 Å². The predicted octanol–water partition coefficient (Wildman–Crippen LogP) is 6.18. The summed E-state index contributed by atoms with van der Waals surface area (Å²) in [6, 6.07) is 10.2. The summed E-state index contributed by atoms with van der Waals surface area (Å²) in [5.74, 6) is 0.0696. The lowest BCUT2D eigenvalue weighted by Crippen LogP contribution is -2.46. The average molecular weight is 605 g/mol. The molecule has 8 nitrogen and oxygen atoms in total. The Bertz CT molecular complexity index is 1290. The van der Waals surface area contributed by atoms with Crippen LogP contribution in [0.15, 0.2) is 36.4 Å². The Labute approximate surface area is 252 Å². The van der Waals surface area contributed by atoms with E-state index in [0.29, 0.717) is 23.1 Å². The Kier molecular flexibility index (Phi) is 10.3. The van der Waals surface area contributed by atoms with Gasteiger partial charge in [0, 0.05) is 35.3 Å². The molecule has 0 aromatic heterocycles. The maximum Gasteiger partial charge on any atom is 0.328 e. The minimum absolute atomic E-state index is 0.131. The number of hydrogen-bond acceptors (Lipinski definition) is 7. The van der Waals surface area contributed by atoms with Crippen LogP contribution in [-0.2, 0) is 19.1 Å². The zero-order chi connectivity index (χ0) is 30.7. The van der Waals surface area contributed by atoms with Crippen molar-refractivity contribution in [3.8, 4) is 11.5 Å². The highest BCUT2D eigenvalue weighted by Gasteiger charge is 2.40. The number of halogens is 1. The molecule has 41 heavy (non-hydrogen) atoms. The fraction of sp³-hybridized carbons (Fsp3) is 0.516. The fourth-order valence-electron chi connectivity index (χ4n) is 4.54. The number of fused-ring (bicyclic) bond motifs is 1. The van der Waals surface area contributed by atoms with Crippen molar-refractivity contribution in [1.82, 2.24) is 5.32 Å². The van der Waals surface area contributed by atoms with E-state index >= 15 is 0 Å². The molecule has 3 atom stereocenters. The Morgan fingerprint density at radius 1 is 1.02 bits per heavy atom. The zero-order valence-corrected chi connectivity index (χ0v) is 26.9. The molecular formula is C31H41ClN2O6S. The molecule has 0 spiro atoms. The second-order valence-corrected chi connectivity index (χ2v) is 14.1. The molecule has 0 saturated carbocycles. The van der Waals surface area contributed by atoms with Crippen molar-refractivity contribution in [2.45, 2.75) is 77.0 Å². The molecule has 2 aromatic carbocycles. The molecule has 0 aliphatic carbocycles. The van der Waals surface area contributed by atoms with Crippen LogP contribution in [-0.4, -0.2) is 55.4 Å². The fourth-order valence-corrected chi connectivity index (χ4v) is 6.21. The highest BCUT2D eigenvalue weighted by molar-refractivity contribution is 8.01. The first-order valence-electron chi connectivity index (χ1n) is 13.5. The van der Waals surface area contributed by atoms with E-state index in [2.05, 4.69) is 26.1 Å². The van der Waals surface area contributed by atoms with E-state index in [0.717, 1.165) is 16.8 Å². The van der Waals surface area contributed by atoms with Crippen molar-refractivity contribution in [3.63, 3.8) is 0 Å². The Morgan fingerprint density at radius 3 is 2.29 bits per heavy atom. The van der Waals surface area contributed by atoms with Gasteiger partial charge in [-0.15, -0.1) is 11.8 Å². The number of amides is 2. The Balaban J connectivity index is 2.06. The summed E-state index contributed by atoms with van der Waals surface area (Å²) >= 11 is 7.87. The monoisotopic (exact) mass is 604 g/mol. The number of carbonyl (C=O) groups is 3. The third-order valence-corrected chi connectivity index (χ3v) is 7.98. The number of nitrogens with zero attached hydrogens (tertiary/aromatic N) is 1. The highest BCUT2D eigenvalue weighted by atomic mass is 35.5. The molecule has 224 valence electrons. The van der Waals surface area contributed by atoms with Gasteiger partial charge in [0.1, 0.15) is 23.1 Å². The van der Waals surface area contributed by atoms with Gasteiger partial charge in [0.2, 0.25) is 11.8 Å². The van der Waals surface area contributed by atoms with Gasteiger partial charge in [-0.3, -0.25) is 9.59 Å². The van der Waals surface area contributed by atoms with Crippen LogP contribution in [0.25, 0.3) is 0 Å². The van der Waals surface area contributed by atoms with Gasteiger partial charge < -0.3 is 24.4 Å². The van der Waals surface area contributed by atoms with Crippen molar-refractivity contribution < 1.29 is 28.6 Å². The zero-order valence-electron chi connectivity index (χ0n) is 25.3. The van der Waals surface area contributed by atoms with Gasteiger partial charge in [0.05, 0.1) is 24.7 Å². The predicted molar refractivity (Wildman–Crippen MR) is 164 cm³/mol. The lowest BCUT2D eigenvalue weighted by molar-refractivity contribution is -0.158. The molecule has 3 rings (SSSR count). The average Bonchev–Trinajstić information content (AvgIpc) is 2.96. The third kappa shape index (κ3) is 8.55. The normalized spacial score (nSPS) is 18.2. The number of methoxy groups -OCH3 is 2. The number of hydrogen-bond donors (Lipinski definition) is 1. The molecule has 1 aliphatic rings. The van der Waals surface area contributed by atoms with Gasteiger partial charge in [-0.25, -0.2) is 4.79 Å². The van der Waals surface area contributed by atoms with Crippen LogP contribution < -0.4 is 19.7 Å². The minimum Gasteiger partial charge on any atom is -0.497 e. The van der Waals surface area contributed by atoms with Crippen LogP contribution in [0.1, 0.15) is 71.3 Å². The molecule has 0 bridgehead atoms. The summed E-state index contributed by atoms with van der Waals surface area (Å²) in [6.45, 7) is 13.5. The second kappa shape index (κ2) is 12.9. The summed E-state index contributed by atoms with van der Waals surface area (Å²) < 4.78 is 16.5. The van der Waals surface area contributed by atoms with Gasteiger partial charge in [-0.2, -0.15) is 0 Å². The molecular weight excluding hydrogens is 564 g/mol. The van der Waals surface area contributed by atoms with E-state index in [9.17, 15) is 14.4 Å². The molecule has 1 N–H and O–H groups in total. The summed E-state index contributed by atoms with van der Waals surface area (Å²) in [4.78, 5) is 41.7. The van der Waals surface area contributed by atoms with Gasteiger partial charge >= 0.3 is 5.97 Å². The maximum absolute atomic E-state index is 14.2. The van der Waals surface area contributed by atoms with E-state index in [4.69, 9.17) is 25.8 Å². The first-order valence-corrected chi connectivity index (χ1v) is 14.9. The van der Waals surface area contributed by atoms with Crippen molar-refractivity contribution in [3.05, 3.63) is 52.5 Å². The van der Waals surface area contributed by atoms with E-state index in [1.165, 1.54) is 11.8 Å². The largest absolute Gasteiger partial charge is 0.497 e. The Hall–Kier alpha value is -2.91. The van der Waals surface area contributed by atoms with Crippen LogP contribution in [0.4, 0.5) is 5.69 Å². The quantitative estimate of drug-likeness (QED) is 0.360. The number of ether oxygens (including phenoxy) is 3. The lowest BCUT2D eigenvalue weighted by atomic mass is 9.94. The first-order chi connectivity index (χ1) is 19.0. The molecule has 1 aliphatic heterocycles. The van der Waals surface area contributed by atoms with Crippen molar-refractivity contribution in [2.75, 3.05) is 25.7 Å². The van der Waals surface area contributed by atoms with Crippen LogP contribution in [0, 0.1) is 5.41 Å². The molecule has 2 aromatic rings. The molecule has 10 heteroatoms. The lowest BCUT2D eigenvalue weighted by Gasteiger charge is -2.32. The van der Waals surface area contributed by atoms with Crippen LogP contribution in [0.3, 0.4) is 0 Å². The van der Waals surface area contributed by atoms with Gasteiger partial charge in [-0.1, -0.05) is 38.4 Å². The van der Waals surface area contributed by atoms with Crippen molar-refractivity contribution in [2.24, 2.45) is 5.41 Å². The third-order valence-electron chi connectivity index (χ3n) is 6.27. The molecule has 0 unspecified atom stereocenters. The first kappa shape index (κ1) is 32.6. The number of esters is 1. The standard InChI is InChI=1S/C31H41ClN2O6S/c1-18(29(37)40-31(5,6)7)33-26(35)16-25-28(36)34(17-30(2,3)4)23-13-10-19(32)14-22(23)27(41-25)21-12-11-20(38-8)15-24(21)39-9/h10-15,18,25,27H,16-17H2,1-9H3,(H,33,35)/t18-,25-,27-/m0/s1. The van der Waals surface area contributed by atoms with Crippen molar-refractivity contribution >= 4 is 46.8 Å². The van der Waals surface area contributed by atoms with Gasteiger partial charge in [-0.05, 0) is 62.9 Å². The summed E-state index contributed by atoms with van der Waals surface area (Å²) in [6.07, 6.45) is -0.131. The second-order valence-electron chi connectivity index (χ2n) is 12.3. The number of thioether (sulfide) groups is 1. The van der Waals surface area contributed by atoms with Crippen molar-refractivity contribution in [1.29, 1.82) is 0 Å². The molecule has 0 fully saturated rings. The Morgan fingerprint density at radius 2 is 1.71 bits per heavy atom. The molecule has 0 radical (unpaired) electrons. The number of anilines is 1. The summed E-state index contributed by atoms with van der Waals surface area (Å²) in [5.41, 5.74) is 1.48. The summed E-state index contributed by atoms with van der Waals surface area (Å²) in [7, 11) is 3.17. The molecule has 2 amide bonds. The highest BCUT2D eigenvalue weighted by Crippen LogP contribution is 2.50. The van der Waals surface area contributed by atoms with E-state index in [-0.39, 0.29) is 23.0 Å². The van der Waals surface area contributed by atoms with Crippen LogP contribution in [0.2, 0.25) is 5.02 Å². The van der Waals surface area contributed by atoms with Crippen LogP contribution in [0.5, 0.6) is 11.5 Å². The number of rotatable bonds is 8. The number of nitrogens with one attached hydrogen (secondary N) is 1. The molecule has 1 heterocycles.